The van der Waals surface area contributed by atoms with Gasteiger partial charge in [0.25, 0.3) is 0 Å². The summed E-state index contributed by atoms with van der Waals surface area (Å²) in [4.78, 5) is 50.2. The van der Waals surface area contributed by atoms with Gasteiger partial charge in [0, 0.05) is 12.2 Å². The highest BCUT2D eigenvalue weighted by molar-refractivity contribution is 7.80. The minimum atomic E-state index is -1.22. The van der Waals surface area contributed by atoms with E-state index >= 15 is 0 Å². The number of aromatic hydroxyl groups is 1. The minimum absolute atomic E-state index is 0.0784. The van der Waals surface area contributed by atoms with Crippen LogP contribution < -0.4 is 21.3 Å². The molecular formula is C23H34N4O6S. The van der Waals surface area contributed by atoms with Crippen molar-refractivity contribution in [3.63, 3.8) is 0 Å². The maximum absolute atomic E-state index is 13.3. The molecule has 1 saturated heterocycles. The van der Waals surface area contributed by atoms with Gasteiger partial charge in [0.1, 0.15) is 23.9 Å². The number of carbonyl (C=O) groups is 4. The van der Waals surface area contributed by atoms with Crippen molar-refractivity contribution in [2.45, 2.75) is 63.7 Å². The molecule has 1 aromatic rings. The van der Waals surface area contributed by atoms with Crippen molar-refractivity contribution in [3.05, 3.63) is 29.8 Å². The maximum Gasteiger partial charge on any atom is 0.327 e. The molecule has 1 heterocycles. The number of rotatable bonds is 12. The molecule has 1 aromatic carbocycles. The summed E-state index contributed by atoms with van der Waals surface area (Å²) >= 11 is 3.96. The zero-order chi connectivity index (χ0) is 25.3. The Morgan fingerprint density at radius 1 is 1.09 bits per heavy atom. The van der Waals surface area contributed by atoms with E-state index in [4.69, 9.17) is 0 Å². The molecular weight excluding hydrogens is 460 g/mol. The molecule has 0 bridgehead atoms. The number of phenolic OH excluding ortho intramolecular Hbond substituents is 1. The number of benzene rings is 1. The first-order valence-corrected chi connectivity index (χ1v) is 12.1. The number of carboxylic acid groups (broad SMARTS) is 1. The van der Waals surface area contributed by atoms with Crippen LogP contribution in [-0.2, 0) is 25.6 Å². The molecule has 0 spiro atoms. The van der Waals surface area contributed by atoms with Crippen LogP contribution in [-0.4, -0.2) is 70.4 Å². The SMILES string of the molecule is CCC(C)C(NC(=O)C(Cc1ccc(O)cc1)NC(=O)C1CCCN1)C(=O)NC(CS)C(=O)O. The quantitative estimate of drug-likeness (QED) is 0.205. The lowest BCUT2D eigenvalue weighted by molar-refractivity contribution is -0.142. The molecule has 10 nitrogen and oxygen atoms in total. The van der Waals surface area contributed by atoms with E-state index in [-0.39, 0.29) is 29.7 Å². The second-order valence-corrected chi connectivity index (χ2v) is 8.90. The maximum atomic E-state index is 13.3. The van der Waals surface area contributed by atoms with E-state index in [0.717, 1.165) is 13.0 Å². The lowest BCUT2D eigenvalue weighted by Gasteiger charge is -2.28. The van der Waals surface area contributed by atoms with Crippen LogP contribution in [0.15, 0.2) is 24.3 Å². The standard InChI is InChI=1S/C23H34N4O6S/c1-3-13(2)19(22(31)26-18(12-34)23(32)33)27-21(30)17(11-14-6-8-15(28)9-7-14)25-20(29)16-5-4-10-24-16/h6-9,13,16-19,24,28,34H,3-5,10-12H2,1-2H3,(H,25,29)(H,26,31)(H,27,30)(H,32,33). The van der Waals surface area contributed by atoms with Gasteiger partial charge >= 0.3 is 5.97 Å². The van der Waals surface area contributed by atoms with Crippen molar-refractivity contribution < 1.29 is 29.4 Å². The monoisotopic (exact) mass is 494 g/mol. The van der Waals surface area contributed by atoms with Gasteiger partial charge in [-0.1, -0.05) is 32.4 Å². The van der Waals surface area contributed by atoms with Crippen molar-refractivity contribution >= 4 is 36.3 Å². The van der Waals surface area contributed by atoms with Gasteiger partial charge in [-0.2, -0.15) is 12.6 Å². The minimum Gasteiger partial charge on any atom is -0.508 e. The molecule has 3 amide bonds. The average Bonchev–Trinajstić information content (AvgIpc) is 3.36. The van der Waals surface area contributed by atoms with Gasteiger partial charge in [-0.05, 0) is 43.0 Å². The third-order valence-corrected chi connectivity index (χ3v) is 6.34. The first kappa shape index (κ1) is 27.5. The highest BCUT2D eigenvalue weighted by Gasteiger charge is 2.33. The van der Waals surface area contributed by atoms with E-state index in [0.29, 0.717) is 18.4 Å². The fourth-order valence-electron chi connectivity index (χ4n) is 3.66. The largest absolute Gasteiger partial charge is 0.508 e. The van der Waals surface area contributed by atoms with Crippen molar-refractivity contribution in [2.24, 2.45) is 5.92 Å². The second-order valence-electron chi connectivity index (χ2n) is 8.53. The summed E-state index contributed by atoms with van der Waals surface area (Å²) in [5.74, 6) is -3.03. The Morgan fingerprint density at radius 3 is 2.29 bits per heavy atom. The van der Waals surface area contributed by atoms with Crippen molar-refractivity contribution in [2.75, 3.05) is 12.3 Å². The summed E-state index contributed by atoms with van der Waals surface area (Å²) < 4.78 is 0. The molecule has 2 rings (SSSR count). The molecule has 0 saturated carbocycles. The molecule has 11 heteroatoms. The third kappa shape index (κ3) is 7.91. The van der Waals surface area contributed by atoms with E-state index < -0.39 is 42.0 Å². The Balaban J connectivity index is 2.20. The summed E-state index contributed by atoms with van der Waals surface area (Å²) in [6, 6.07) is 2.72. The number of hydrogen-bond acceptors (Lipinski definition) is 7. The molecule has 34 heavy (non-hydrogen) atoms. The molecule has 0 aromatic heterocycles. The molecule has 1 aliphatic heterocycles. The summed E-state index contributed by atoms with van der Waals surface area (Å²) in [7, 11) is 0. The van der Waals surface area contributed by atoms with Crippen molar-refractivity contribution in [1.29, 1.82) is 0 Å². The molecule has 188 valence electrons. The predicted octanol–water partition coefficient (Wildman–Crippen LogP) is 0.202. The topological polar surface area (TPSA) is 157 Å². The zero-order valence-corrected chi connectivity index (χ0v) is 20.3. The fourth-order valence-corrected chi connectivity index (χ4v) is 3.91. The van der Waals surface area contributed by atoms with Crippen LogP contribution in [0.3, 0.4) is 0 Å². The van der Waals surface area contributed by atoms with Crippen LogP contribution in [0.1, 0.15) is 38.7 Å². The Hall–Kier alpha value is -2.79. The van der Waals surface area contributed by atoms with Gasteiger partial charge < -0.3 is 31.5 Å². The summed E-state index contributed by atoms with van der Waals surface area (Å²) in [6.45, 7) is 4.35. The van der Waals surface area contributed by atoms with E-state index in [2.05, 4.69) is 33.9 Å². The zero-order valence-electron chi connectivity index (χ0n) is 19.4. The number of thiol groups is 1. The third-order valence-electron chi connectivity index (χ3n) is 5.98. The average molecular weight is 495 g/mol. The van der Waals surface area contributed by atoms with Gasteiger partial charge in [0.2, 0.25) is 17.7 Å². The fraction of sp³-hybridized carbons (Fsp3) is 0.565. The lowest BCUT2D eigenvalue weighted by Crippen LogP contribution is -2.59. The van der Waals surface area contributed by atoms with E-state index in [1.807, 2.05) is 6.92 Å². The molecule has 1 aliphatic rings. The first-order valence-electron chi connectivity index (χ1n) is 11.4. The highest BCUT2D eigenvalue weighted by atomic mass is 32.1. The molecule has 5 unspecified atom stereocenters. The Kier molecular flexibility index (Phi) is 10.6. The van der Waals surface area contributed by atoms with Crippen LogP contribution in [0.25, 0.3) is 0 Å². The number of carbonyl (C=O) groups excluding carboxylic acids is 3. The Labute approximate surface area is 204 Å². The van der Waals surface area contributed by atoms with Crippen LogP contribution in [0, 0.1) is 5.92 Å². The van der Waals surface area contributed by atoms with Gasteiger partial charge in [0.15, 0.2) is 0 Å². The van der Waals surface area contributed by atoms with Crippen LogP contribution >= 0.6 is 12.6 Å². The number of hydrogen-bond donors (Lipinski definition) is 7. The van der Waals surface area contributed by atoms with Crippen LogP contribution in [0.4, 0.5) is 0 Å². The Morgan fingerprint density at radius 2 is 1.76 bits per heavy atom. The van der Waals surface area contributed by atoms with Crippen molar-refractivity contribution in [1.82, 2.24) is 21.3 Å². The number of amides is 3. The van der Waals surface area contributed by atoms with E-state index in [1.54, 1.807) is 19.1 Å². The molecule has 0 aliphatic carbocycles. The second kappa shape index (κ2) is 13.2. The van der Waals surface area contributed by atoms with Gasteiger partial charge in [0.05, 0.1) is 6.04 Å². The van der Waals surface area contributed by atoms with Crippen LogP contribution in [0.5, 0.6) is 5.75 Å². The van der Waals surface area contributed by atoms with Gasteiger partial charge in [-0.15, -0.1) is 0 Å². The molecule has 1 fully saturated rings. The van der Waals surface area contributed by atoms with E-state index in [9.17, 15) is 29.4 Å². The molecule has 6 N–H and O–H groups in total. The highest BCUT2D eigenvalue weighted by Crippen LogP contribution is 2.14. The number of nitrogens with one attached hydrogen (secondary N) is 4. The lowest BCUT2D eigenvalue weighted by atomic mass is 9.96. The number of aliphatic carboxylic acids is 1. The Bertz CT molecular complexity index is 860. The first-order chi connectivity index (χ1) is 16.2. The summed E-state index contributed by atoms with van der Waals surface area (Å²) in [5.41, 5.74) is 0.711. The predicted molar refractivity (Wildman–Crippen MR) is 130 cm³/mol. The van der Waals surface area contributed by atoms with Crippen molar-refractivity contribution in [3.8, 4) is 5.75 Å². The number of phenols is 1. The molecule has 0 radical (unpaired) electrons. The summed E-state index contributed by atoms with van der Waals surface area (Å²) in [6.07, 6.45) is 2.22. The normalized spacial score (nSPS) is 18.9. The molecule has 5 atom stereocenters. The summed E-state index contributed by atoms with van der Waals surface area (Å²) in [5, 5.41) is 29.8. The number of carboxylic acids is 1. The smallest absolute Gasteiger partial charge is 0.327 e. The van der Waals surface area contributed by atoms with Gasteiger partial charge in [-0.25, -0.2) is 4.79 Å². The van der Waals surface area contributed by atoms with E-state index in [1.165, 1.54) is 12.1 Å². The van der Waals surface area contributed by atoms with Crippen LogP contribution in [0.2, 0.25) is 0 Å². The van der Waals surface area contributed by atoms with Gasteiger partial charge in [-0.3, -0.25) is 14.4 Å².